The van der Waals surface area contributed by atoms with Gasteiger partial charge in [0.1, 0.15) is 0 Å². The summed E-state index contributed by atoms with van der Waals surface area (Å²) in [6, 6.07) is 10.3. The lowest BCUT2D eigenvalue weighted by atomic mass is 10.3. The number of aliphatic hydroxyl groups is 1. The van der Waals surface area contributed by atoms with Crippen molar-refractivity contribution >= 4 is 5.69 Å². The molecule has 1 aromatic carbocycles. The van der Waals surface area contributed by atoms with Crippen LogP contribution in [-0.4, -0.2) is 25.3 Å². The molecule has 2 nitrogen and oxygen atoms in total. The summed E-state index contributed by atoms with van der Waals surface area (Å²) in [5.74, 6) is 0. The van der Waals surface area contributed by atoms with Gasteiger partial charge in [-0.1, -0.05) is 18.2 Å². The Morgan fingerprint density at radius 2 is 1.46 bits per heavy atom. The molecule has 0 aromatic heterocycles. The molecule has 0 bridgehead atoms. The highest BCUT2D eigenvalue weighted by molar-refractivity contribution is 5.43. The molecule has 0 aliphatic rings. The number of nitrogens with zero attached hydrogens (tertiary/aromatic N) is 1. The second kappa shape index (κ2) is 6.49. The summed E-state index contributed by atoms with van der Waals surface area (Å²) in [6.45, 7) is 3.44. The Labute approximate surface area is 80.8 Å². The van der Waals surface area contributed by atoms with E-state index in [1.54, 1.807) is 13.8 Å². The third-order valence-corrected chi connectivity index (χ3v) is 1.27. The second-order valence-electron chi connectivity index (χ2n) is 3.32. The normalized spacial score (nSPS) is 9.08. The Bertz CT molecular complexity index is 204. The molecule has 0 fully saturated rings. The largest absolute Gasteiger partial charge is 0.394 e. The van der Waals surface area contributed by atoms with Crippen LogP contribution < -0.4 is 4.90 Å². The average molecular weight is 181 g/mol. The lowest BCUT2D eigenvalue weighted by Gasteiger charge is -2.10. The third kappa shape index (κ3) is 7.34. The van der Waals surface area contributed by atoms with Gasteiger partial charge in [0.2, 0.25) is 0 Å². The standard InChI is InChI=1S/C8H11N.C3H8O/c1-9(2)8-6-4-3-5-7-8;1-3(2)4/h3-7H,1-2H3;3-4H,1-2H3. The molecule has 2 heteroatoms. The molecule has 13 heavy (non-hydrogen) atoms. The van der Waals surface area contributed by atoms with Crippen LogP contribution in [0.5, 0.6) is 0 Å². The molecule has 0 saturated carbocycles. The van der Waals surface area contributed by atoms with Crippen molar-refractivity contribution in [1.82, 2.24) is 0 Å². The van der Waals surface area contributed by atoms with Gasteiger partial charge in [0.15, 0.2) is 0 Å². The molecular weight excluding hydrogens is 162 g/mol. The summed E-state index contributed by atoms with van der Waals surface area (Å²) in [5, 5.41) is 8.06. The Balaban J connectivity index is 0.000000310. The predicted octanol–water partition coefficient (Wildman–Crippen LogP) is 2.14. The maximum atomic E-state index is 8.06. The first kappa shape index (κ1) is 12.0. The van der Waals surface area contributed by atoms with Gasteiger partial charge in [-0.3, -0.25) is 0 Å². The highest BCUT2D eigenvalue weighted by atomic mass is 16.3. The Hall–Kier alpha value is -1.02. The number of rotatable bonds is 1. The predicted molar refractivity (Wildman–Crippen MR) is 58.1 cm³/mol. The van der Waals surface area contributed by atoms with E-state index in [4.69, 9.17) is 5.11 Å². The zero-order valence-corrected chi connectivity index (χ0v) is 8.86. The van der Waals surface area contributed by atoms with Crippen molar-refractivity contribution in [2.45, 2.75) is 20.0 Å². The Morgan fingerprint density at radius 1 is 1.08 bits per heavy atom. The molecule has 1 aromatic rings. The molecule has 0 aliphatic carbocycles. The highest BCUT2D eigenvalue weighted by Gasteiger charge is 1.87. The van der Waals surface area contributed by atoms with E-state index in [-0.39, 0.29) is 6.10 Å². The van der Waals surface area contributed by atoms with Crippen LogP contribution in [0.15, 0.2) is 30.3 Å². The van der Waals surface area contributed by atoms with Gasteiger partial charge in [-0.15, -0.1) is 0 Å². The van der Waals surface area contributed by atoms with Gasteiger partial charge in [0, 0.05) is 25.9 Å². The van der Waals surface area contributed by atoms with Crippen molar-refractivity contribution in [3.63, 3.8) is 0 Å². The van der Waals surface area contributed by atoms with E-state index in [2.05, 4.69) is 17.0 Å². The van der Waals surface area contributed by atoms with Crippen molar-refractivity contribution in [3.05, 3.63) is 30.3 Å². The molecule has 1 rings (SSSR count). The van der Waals surface area contributed by atoms with Gasteiger partial charge in [0.05, 0.1) is 0 Å². The summed E-state index contributed by atoms with van der Waals surface area (Å²) in [4.78, 5) is 2.08. The van der Waals surface area contributed by atoms with Crippen LogP contribution >= 0.6 is 0 Å². The van der Waals surface area contributed by atoms with Crippen LogP contribution in [-0.2, 0) is 0 Å². The van der Waals surface area contributed by atoms with E-state index in [1.165, 1.54) is 5.69 Å². The third-order valence-electron chi connectivity index (χ3n) is 1.27. The minimum atomic E-state index is -0.167. The summed E-state index contributed by atoms with van der Waals surface area (Å²) < 4.78 is 0. The number of hydrogen-bond acceptors (Lipinski definition) is 2. The monoisotopic (exact) mass is 181 g/mol. The lowest BCUT2D eigenvalue weighted by molar-refractivity contribution is 0.216. The minimum absolute atomic E-state index is 0.167. The summed E-state index contributed by atoms with van der Waals surface area (Å²) >= 11 is 0. The van der Waals surface area contributed by atoms with E-state index in [0.717, 1.165) is 0 Å². The topological polar surface area (TPSA) is 23.5 Å². The van der Waals surface area contributed by atoms with Crippen molar-refractivity contribution < 1.29 is 5.11 Å². The minimum Gasteiger partial charge on any atom is -0.394 e. The molecule has 1 N–H and O–H groups in total. The number of benzene rings is 1. The van der Waals surface area contributed by atoms with Gasteiger partial charge < -0.3 is 10.0 Å². The Kier molecular flexibility index (Phi) is 5.98. The van der Waals surface area contributed by atoms with Crippen LogP contribution in [0.4, 0.5) is 5.69 Å². The first-order valence-corrected chi connectivity index (χ1v) is 4.44. The van der Waals surface area contributed by atoms with E-state index >= 15 is 0 Å². The van der Waals surface area contributed by atoms with Crippen LogP contribution in [0.3, 0.4) is 0 Å². The van der Waals surface area contributed by atoms with Crippen molar-refractivity contribution in [3.8, 4) is 0 Å². The number of anilines is 1. The lowest BCUT2D eigenvalue weighted by Crippen LogP contribution is -2.07. The van der Waals surface area contributed by atoms with Gasteiger partial charge in [-0.05, 0) is 26.0 Å². The highest BCUT2D eigenvalue weighted by Crippen LogP contribution is 2.07. The van der Waals surface area contributed by atoms with Crippen LogP contribution in [0.25, 0.3) is 0 Å². The molecule has 0 unspecified atom stereocenters. The van der Waals surface area contributed by atoms with E-state index in [0.29, 0.717) is 0 Å². The number of aliphatic hydroxyl groups excluding tert-OH is 1. The fraction of sp³-hybridized carbons (Fsp3) is 0.455. The second-order valence-corrected chi connectivity index (χ2v) is 3.32. The average Bonchev–Trinajstić information content (AvgIpc) is 2.05. The summed E-state index contributed by atoms with van der Waals surface area (Å²) in [6.07, 6.45) is -0.167. The number of hydrogen-bond donors (Lipinski definition) is 1. The Morgan fingerprint density at radius 3 is 1.69 bits per heavy atom. The smallest absolute Gasteiger partial charge is 0.0483 e. The summed E-state index contributed by atoms with van der Waals surface area (Å²) in [7, 11) is 4.07. The molecule has 0 atom stereocenters. The zero-order chi connectivity index (χ0) is 10.3. The zero-order valence-electron chi connectivity index (χ0n) is 8.86. The number of para-hydroxylation sites is 1. The maximum absolute atomic E-state index is 8.06. The van der Waals surface area contributed by atoms with Crippen LogP contribution in [0, 0.1) is 0 Å². The van der Waals surface area contributed by atoms with Crippen molar-refractivity contribution in [2.24, 2.45) is 0 Å². The van der Waals surface area contributed by atoms with E-state index in [1.807, 2.05) is 32.3 Å². The van der Waals surface area contributed by atoms with Crippen molar-refractivity contribution in [2.75, 3.05) is 19.0 Å². The van der Waals surface area contributed by atoms with Gasteiger partial charge in [-0.25, -0.2) is 0 Å². The summed E-state index contributed by atoms with van der Waals surface area (Å²) in [5.41, 5.74) is 1.25. The molecule has 0 spiro atoms. The molecule has 0 saturated heterocycles. The SMILES string of the molecule is CC(C)O.CN(C)c1ccccc1. The first-order chi connectivity index (χ1) is 6.04. The van der Waals surface area contributed by atoms with Gasteiger partial charge >= 0.3 is 0 Å². The fourth-order valence-corrected chi connectivity index (χ4v) is 0.726. The first-order valence-electron chi connectivity index (χ1n) is 4.44. The van der Waals surface area contributed by atoms with Gasteiger partial charge in [0.25, 0.3) is 0 Å². The quantitative estimate of drug-likeness (QED) is 0.717. The van der Waals surface area contributed by atoms with E-state index < -0.39 is 0 Å². The van der Waals surface area contributed by atoms with Crippen LogP contribution in [0.1, 0.15) is 13.8 Å². The van der Waals surface area contributed by atoms with Crippen LogP contribution in [0.2, 0.25) is 0 Å². The van der Waals surface area contributed by atoms with Crippen molar-refractivity contribution in [1.29, 1.82) is 0 Å². The van der Waals surface area contributed by atoms with Gasteiger partial charge in [-0.2, -0.15) is 0 Å². The maximum Gasteiger partial charge on any atom is 0.0483 e. The molecule has 0 heterocycles. The molecule has 74 valence electrons. The van der Waals surface area contributed by atoms with E-state index in [9.17, 15) is 0 Å². The molecular formula is C11H19NO. The molecule has 0 aliphatic heterocycles. The molecule has 0 radical (unpaired) electrons. The molecule has 0 amide bonds. The fourth-order valence-electron chi connectivity index (χ4n) is 0.726.